The highest BCUT2D eigenvalue weighted by Gasteiger charge is 2.23. The fraction of sp³-hybridized carbons (Fsp3) is 0.417. The second kappa shape index (κ2) is 11.4. The molecule has 0 aromatic heterocycles. The molecule has 1 atom stereocenters. The summed E-state index contributed by atoms with van der Waals surface area (Å²) >= 11 is 0. The van der Waals surface area contributed by atoms with Gasteiger partial charge in [-0.05, 0) is 68.7 Å². The molecule has 1 heterocycles. The number of amides is 2. The number of carbonyl (C=O) groups excluding carboxylic acids is 2. The van der Waals surface area contributed by atoms with E-state index < -0.39 is 0 Å². The highest BCUT2D eigenvalue weighted by Crippen LogP contribution is 2.28. The van der Waals surface area contributed by atoms with Crippen LogP contribution in [0, 0.1) is 11.7 Å². The highest BCUT2D eigenvalue weighted by atomic mass is 19.1. The van der Waals surface area contributed by atoms with E-state index in [0.29, 0.717) is 42.7 Å². The Balaban J connectivity index is 1.43. The molecule has 1 aliphatic heterocycles. The van der Waals surface area contributed by atoms with Gasteiger partial charge in [0.05, 0.1) is 19.8 Å². The van der Waals surface area contributed by atoms with Crippen LogP contribution in [0.15, 0.2) is 42.5 Å². The SMILES string of the molecule is CCOc1ccc(C(=O)NCC(=O)NCC2CCN(c3ccc(F)cc3)C2)cc1OCC. The van der Waals surface area contributed by atoms with E-state index in [1.807, 2.05) is 13.8 Å². The standard InChI is InChI=1S/C24H30FN3O4/c1-3-31-21-10-5-18(13-22(21)32-4-2)24(30)27-15-23(29)26-14-17-11-12-28(16-17)20-8-6-19(25)7-9-20/h5-10,13,17H,3-4,11-12,14-16H2,1-2H3,(H,26,29)(H,27,30). The van der Waals surface area contributed by atoms with Gasteiger partial charge in [0.2, 0.25) is 5.91 Å². The Labute approximate surface area is 187 Å². The molecule has 1 aliphatic rings. The van der Waals surface area contributed by atoms with Crippen LogP contribution in [0.4, 0.5) is 10.1 Å². The Morgan fingerprint density at radius 2 is 1.75 bits per heavy atom. The van der Waals surface area contributed by atoms with Crippen LogP contribution < -0.4 is 25.0 Å². The van der Waals surface area contributed by atoms with E-state index in [0.717, 1.165) is 25.2 Å². The maximum Gasteiger partial charge on any atom is 0.251 e. The van der Waals surface area contributed by atoms with Gasteiger partial charge in [-0.25, -0.2) is 4.39 Å². The third-order valence-electron chi connectivity index (χ3n) is 5.28. The second-order valence-electron chi connectivity index (χ2n) is 7.59. The van der Waals surface area contributed by atoms with Gasteiger partial charge in [0.15, 0.2) is 11.5 Å². The maximum atomic E-state index is 13.1. The molecule has 7 nitrogen and oxygen atoms in total. The topological polar surface area (TPSA) is 79.9 Å². The minimum Gasteiger partial charge on any atom is -0.490 e. The van der Waals surface area contributed by atoms with Crippen molar-refractivity contribution in [3.8, 4) is 11.5 Å². The summed E-state index contributed by atoms with van der Waals surface area (Å²) < 4.78 is 24.1. The van der Waals surface area contributed by atoms with Gasteiger partial charge >= 0.3 is 0 Å². The van der Waals surface area contributed by atoms with E-state index in [1.54, 1.807) is 30.3 Å². The average Bonchev–Trinajstić information content (AvgIpc) is 3.27. The Morgan fingerprint density at radius 3 is 2.47 bits per heavy atom. The molecule has 0 spiro atoms. The van der Waals surface area contributed by atoms with Gasteiger partial charge in [0, 0.05) is 30.9 Å². The number of carbonyl (C=O) groups is 2. The zero-order valence-electron chi connectivity index (χ0n) is 18.5. The number of anilines is 1. The van der Waals surface area contributed by atoms with Crippen molar-refractivity contribution in [3.05, 3.63) is 53.8 Å². The first-order valence-electron chi connectivity index (χ1n) is 10.9. The molecule has 2 aromatic carbocycles. The minimum absolute atomic E-state index is 0.107. The van der Waals surface area contributed by atoms with Crippen molar-refractivity contribution in [2.24, 2.45) is 5.92 Å². The van der Waals surface area contributed by atoms with Gasteiger partial charge in [-0.2, -0.15) is 0 Å². The van der Waals surface area contributed by atoms with E-state index in [1.165, 1.54) is 12.1 Å². The average molecular weight is 444 g/mol. The normalized spacial score (nSPS) is 15.3. The monoisotopic (exact) mass is 443 g/mol. The van der Waals surface area contributed by atoms with E-state index in [-0.39, 0.29) is 24.2 Å². The van der Waals surface area contributed by atoms with Gasteiger partial charge in [0.1, 0.15) is 5.82 Å². The highest BCUT2D eigenvalue weighted by molar-refractivity contribution is 5.97. The predicted molar refractivity (Wildman–Crippen MR) is 121 cm³/mol. The van der Waals surface area contributed by atoms with Crippen LogP contribution in [0.5, 0.6) is 11.5 Å². The molecule has 32 heavy (non-hydrogen) atoms. The van der Waals surface area contributed by atoms with Crippen LogP contribution in [0.2, 0.25) is 0 Å². The summed E-state index contributed by atoms with van der Waals surface area (Å²) in [5.74, 6) is 0.535. The quantitative estimate of drug-likeness (QED) is 0.590. The number of rotatable bonds is 10. The van der Waals surface area contributed by atoms with E-state index >= 15 is 0 Å². The summed E-state index contributed by atoms with van der Waals surface area (Å²) in [6.07, 6.45) is 0.941. The molecule has 0 saturated carbocycles. The van der Waals surface area contributed by atoms with Gasteiger partial charge in [0.25, 0.3) is 5.91 Å². The maximum absolute atomic E-state index is 13.1. The van der Waals surface area contributed by atoms with Crippen molar-refractivity contribution in [1.82, 2.24) is 10.6 Å². The Bertz CT molecular complexity index is 920. The Kier molecular flexibility index (Phi) is 8.30. The van der Waals surface area contributed by atoms with Crippen LogP contribution in [0.25, 0.3) is 0 Å². The van der Waals surface area contributed by atoms with Crippen LogP contribution >= 0.6 is 0 Å². The molecule has 3 rings (SSSR count). The van der Waals surface area contributed by atoms with Crippen molar-refractivity contribution < 1.29 is 23.5 Å². The molecule has 1 fully saturated rings. The summed E-state index contributed by atoms with van der Waals surface area (Å²) in [5, 5.41) is 5.53. The van der Waals surface area contributed by atoms with Crippen LogP contribution in [-0.4, -0.2) is 51.2 Å². The number of hydrogen-bond donors (Lipinski definition) is 2. The molecule has 2 N–H and O–H groups in total. The van der Waals surface area contributed by atoms with Crippen molar-refractivity contribution >= 4 is 17.5 Å². The van der Waals surface area contributed by atoms with E-state index in [9.17, 15) is 14.0 Å². The summed E-state index contributed by atoms with van der Waals surface area (Å²) in [5.41, 5.74) is 1.38. The zero-order valence-corrected chi connectivity index (χ0v) is 18.5. The van der Waals surface area contributed by atoms with Crippen molar-refractivity contribution in [1.29, 1.82) is 0 Å². The van der Waals surface area contributed by atoms with E-state index in [2.05, 4.69) is 15.5 Å². The first-order chi connectivity index (χ1) is 15.5. The first-order valence-corrected chi connectivity index (χ1v) is 10.9. The smallest absolute Gasteiger partial charge is 0.251 e. The molecule has 0 radical (unpaired) electrons. The number of ether oxygens (including phenoxy) is 2. The Hall–Kier alpha value is -3.29. The van der Waals surface area contributed by atoms with Crippen LogP contribution in [-0.2, 0) is 4.79 Å². The molecule has 1 unspecified atom stereocenters. The number of halogens is 1. The van der Waals surface area contributed by atoms with Crippen LogP contribution in [0.1, 0.15) is 30.6 Å². The Morgan fingerprint density at radius 1 is 1.03 bits per heavy atom. The first kappa shape index (κ1) is 23.4. The number of nitrogens with zero attached hydrogens (tertiary/aromatic N) is 1. The molecule has 0 bridgehead atoms. The number of benzene rings is 2. The molecular weight excluding hydrogens is 413 g/mol. The fourth-order valence-electron chi connectivity index (χ4n) is 3.66. The van der Waals surface area contributed by atoms with Gasteiger partial charge in [-0.15, -0.1) is 0 Å². The largest absolute Gasteiger partial charge is 0.490 e. The third-order valence-corrected chi connectivity index (χ3v) is 5.28. The van der Waals surface area contributed by atoms with E-state index in [4.69, 9.17) is 9.47 Å². The lowest BCUT2D eigenvalue weighted by Crippen LogP contribution is -2.39. The molecule has 8 heteroatoms. The van der Waals surface area contributed by atoms with Crippen molar-refractivity contribution in [3.63, 3.8) is 0 Å². The molecular formula is C24H30FN3O4. The summed E-state index contributed by atoms with van der Waals surface area (Å²) in [7, 11) is 0. The number of hydrogen-bond acceptors (Lipinski definition) is 5. The molecule has 172 valence electrons. The van der Waals surface area contributed by atoms with Crippen molar-refractivity contribution in [2.45, 2.75) is 20.3 Å². The molecule has 0 aliphatic carbocycles. The lowest BCUT2D eigenvalue weighted by molar-refractivity contribution is -0.120. The second-order valence-corrected chi connectivity index (χ2v) is 7.59. The molecule has 1 saturated heterocycles. The minimum atomic E-state index is -0.354. The van der Waals surface area contributed by atoms with Crippen molar-refractivity contribution in [2.75, 3.05) is 44.3 Å². The van der Waals surface area contributed by atoms with Gasteiger partial charge in [-0.3, -0.25) is 9.59 Å². The summed E-state index contributed by atoms with van der Waals surface area (Å²) in [6, 6.07) is 11.4. The predicted octanol–water partition coefficient (Wildman–Crippen LogP) is 3.00. The summed E-state index contributed by atoms with van der Waals surface area (Å²) in [4.78, 5) is 26.8. The zero-order chi connectivity index (χ0) is 22.9. The summed E-state index contributed by atoms with van der Waals surface area (Å²) in [6.45, 7) is 6.76. The third kappa shape index (κ3) is 6.35. The van der Waals surface area contributed by atoms with Crippen LogP contribution in [0.3, 0.4) is 0 Å². The fourth-order valence-corrected chi connectivity index (χ4v) is 3.66. The molecule has 2 aromatic rings. The lowest BCUT2D eigenvalue weighted by Gasteiger charge is -2.19. The number of nitrogens with one attached hydrogen (secondary N) is 2. The van der Waals surface area contributed by atoms with Gasteiger partial charge in [-0.1, -0.05) is 0 Å². The molecule has 2 amide bonds. The van der Waals surface area contributed by atoms with Gasteiger partial charge < -0.3 is 25.0 Å². The lowest BCUT2D eigenvalue weighted by atomic mass is 10.1.